The second kappa shape index (κ2) is 4.88. The zero-order valence-electron chi connectivity index (χ0n) is 9.66. The van der Waals surface area contributed by atoms with Gasteiger partial charge in [-0.25, -0.2) is 4.79 Å². The van der Waals surface area contributed by atoms with Crippen LogP contribution in [0.1, 0.15) is 27.7 Å². The van der Waals surface area contributed by atoms with Crippen molar-refractivity contribution in [1.29, 1.82) is 0 Å². The number of carbonyl (C=O) groups excluding carboxylic acids is 1. The molecule has 1 aliphatic rings. The Balaban J connectivity index is 2.26. The number of rotatable bonds is 2. The van der Waals surface area contributed by atoms with Gasteiger partial charge in [0.05, 0.1) is 17.6 Å². The molecule has 1 N–H and O–H groups in total. The van der Waals surface area contributed by atoms with Crippen molar-refractivity contribution in [3.05, 3.63) is 0 Å². The molecule has 4 nitrogen and oxygen atoms in total. The number of aliphatic imine (C=N–C) groups is 1. The van der Waals surface area contributed by atoms with Crippen molar-refractivity contribution in [3.8, 4) is 0 Å². The van der Waals surface area contributed by atoms with Crippen LogP contribution in [-0.2, 0) is 4.74 Å². The van der Waals surface area contributed by atoms with Gasteiger partial charge in [-0.2, -0.15) is 0 Å². The van der Waals surface area contributed by atoms with Crippen molar-refractivity contribution in [2.45, 2.75) is 39.3 Å². The summed E-state index contributed by atoms with van der Waals surface area (Å²) in [6.45, 7) is 8.07. The molecule has 1 atom stereocenters. The highest BCUT2D eigenvalue weighted by atomic mass is 32.2. The third-order valence-corrected chi connectivity index (χ3v) is 2.87. The maximum absolute atomic E-state index is 11.3. The minimum Gasteiger partial charge on any atom is -0.444 e. The Kier molecular flexibility index (Phi) is 4.02. The fourth-order valence-corrected chi connectivity index (χ4v) is 2.03. The molecule has 1 amide bonds. The third-order valence-electron chi connectivity index (χ3n) is 1.64. The number of ether oxygens (including phenoxy) is 1. The average molecular weight is 230 g/mol. The van der Waals surface area contributed by atoms with Gasteiger partial charge in [-0.05, 0) is 27.7 Å². The zero-order chi connectivity index (χ0) is 11.5. The Hall–Kier alpha value is -0.710. The van der Waals surface area contributed by atoms with Crippen molar-refractivity contribution in [3.63, 3.8) is 0 Å². The summed E-state index contributed by atoms with van der Waals surface area (Å²) < 4.78 is 5.11. The van der Waals surface area contributed by atoms with Gasteiger partial charge in [0.15, 0.2) is 0 Å². The lowest BCUT2D eigenvalue weighted by molar-refractivity contribution is 0.0536. The van der Waals surface area contributed by atoms with Gasteiger partial charge in [-0.15, -0.1) is 11.8 Å². The maximum atomic E-state index is 11.3. The van der Waals surface area contributed by atoms with Crippen LogP contribution in [0, 0.1) is 0 Å². The molecular weight excluding hydrogens is 212 g/mol. The minimum atomic E-state index is -0.442. The van der Waals surface area contributed by atoms with Crippen LogP contribution in [0.2, 0.25) is 0 Å². The fourth-order valence-electron chi connectivity index (χ4n) is 1.10. The molecule has 0 spiro atoms. The van der Waals surface area contributed by atoms with Gasteiger partial charge in [0.25, 0.3) is 0 Å². The van der Waals surface area contributed by atoms with E-state index < -0.39 is 5.60 Å². The molecule has 0 unspecified atom stereocenters. The van der Waals surface area contributed by atoms with Gasteiger partial charge in [-0.1, -0.05) is 0 Å². The first-order valence-electron chi connectivity index (χ1n) is 5.03. The number of hydrogen-bond donors (Lipinski definition) is 1. The Morgan fingerprint density at radius 1 is 1.67 bits per heavy atom. The Bertz CT molecular complexity index is 271. The smallest absolute Gasteiger partial charge is 0.407 e. The number of hydrogen-bond acceptors (Lipinski definition) is 4. The topological polar surface area (TPSA) is 50.7 Å². The molecule has 1 aliphatic heterocycles. The van der Waals surface area contributed by atoms with E-state index in [1.807, 2.05) is 20.8 Å². The first-order valence-corrected chi connectivity index (χ1v) is 6.02. The molecule has 0 saturated carbocycles. The summed E-state index contributed by atoms with van der Waals surface area (Å²) in [7, 11) is 0. The van der Waals surface area contributed by atoms with Gasteiger partial charge in [-0.3, -0.25) is 4.99 Å². The fraction of sp³-hybridized carbons (Fsp3) is 0.800. The highest BCUT2D eigenvalue weighted by molar-refractivity contribution is 8.14. The molecule has 0 saturated heterocycles. The van der Waals surface area contributed by atoms with Gasteiger partial charge in [0.2, 0.25) is 0 Å². The predicted octanol–water partition coefficient (Wildman–Crippen LogP) is 2.04. The van der Waals surface area contributed by atoms with E-state index in [1.54, 1.807) is 11.8 Å². The van der Waals surface area contributed by atoms with E-state index in [0.29, 0.717) is 12.6 Å². The molecule has 0 aromatic carbocycles. The summed E-state index contributed by atoms with van der Waals surface area (Å²) in [5.41, 5.74) is -0.442. The van der Waals surface area contributed by atoms with E-state index in [1.165, 1.54) is 0 Å². The van der Waals surface area contributed by atoms with E-state index in [4.69, 9.17) is 4.74 Å². The lowest BCUT2D eigenvalue weighted by Crippen LogP contribution is -2.34. The summed E-state index contributed by atoms with van der Waals surface area (Å²) in [5.74, 6) is 1.01. The lowest BCUT2D eigenvalue weighted by Gasteiger charge is -2.19. The molecular formula is C10H18N2O2S. The number of alkyl carbamates (subject to hydrolysis) is 1. The first-order chi connectivity index (χ1) is 6.87. The summed E-state index contributed by atoms with van der Waals surface area (Å²) in [6, 6.07) is 0.366. The largest absolute Gasteiger partial charge is 0.444 e. The quantitative estimate of drug-likeness (QED) is 0.790. The van der Waals surface area contributed by atoms with E-state index in [0.717, 1.165) is 10.8 Å². The monoisotopic (exact) mass is 230 g/mol. The third kappa shape index (κ3) is 5.06. The number of nitrogens with zero attached hydrogens (tertiary/aromatic N) is 1. The number of nitrogens with one attached hydrogen (secondary N) is 1. The normalized spacial score (nSPS) is 21.1. The number of thioether (sulfide) groups is 1. The lowest BCUT2D eigenvalue weighted by atomic mass is 10.2. The van der Waals surface area contributed by atoms with E-state index >= 15 is 0 Å². The SMILES string of the molecule is C[C@@H]1CSC(CNC(=O)OC(C)(C)C)=N1. The Morgan fingerprint density at radius 2 is 2.33 bits per heavy atom. The van der Waals surface area contributed by atoms with Gasteiger partial charge >= 0.3 is 6.09 Å². The van der Waals surface area contributed by atoms with Crippen molar-refractivity contribution >= 4 is 22.9 Å². The molecule has 0 bridgehead atoms. The summed E-state index contributed by atoms with van der Waals surface area (Å²) >= 11 is 1.69. The highest BCUT2D eigenvalue weighted by Gasteiger charge is 2.18. The molecule has 0 fully saturated rings. The van der Waals surface area contributed by atoms with Crippen LogP contribution in [0.4, 0.5) is 4.79 Å². The molecule has 0 aromatic rings. The average Bonchev–Trinajstić information content (AvgIpc) is 2.45. The van der Waals surface area contributed by atoms with E-state index in [9.17, 15) is 4.79 Å². The van der Waals surface area contributed by atoms with E-state index in [2.05, 4.69) is 17.2 Å². The second-order valence-electron chi connectivity index (χ2n) is 4.54. The van der Waals surface area contributed by atoms with Crippen LogP contribution < -0.4 is 5.32 Å². The molecule has 1 rings (SSSR count). The van der Waals surface area contributed by atoms with E-state index in [-0.39, 0.29) is 6.09 Å². The molecule has 15 heavy (non-hydrogen) atoms. The molecule has 0 aromatic heterocycles. The minimum absolute atomic E-state index is 0.366. The van der Waals surface area contributed by atoms with Crippen LogP contribution in [0.3, 0.4) is 0 Å². The summed E-state index contributed by atoms with van der Waals surface area (Å²) in [6.07, 6.45) is -0.384. The Labute approximate surface area is 94.9 Å². The Morgan fingerprint density at radius 3 is 2.80 bits per heavy atom. The van der Waals surface area contributed by atoms with Crippen LogP contribution in [-0.4, -0.2) is 35.1 Å². The highest BCUT2D eigenvalue weighted by Crippen LogP contribution is 2.16. The zero-order valence-corrected chi connectivity index (χ0v) is 10.5. The van der Waals surface area contributed by atoms with Crippen molar-refractivity contribution < 1.29 is 9.53 Å². The summed E-state index contributed by atoms with van der Waals surface area (Å²) in [4.78, 5) is 15.7. The second-order valence-corrected chi connectivity index (χ2v) is 5.63. The standard InChI is InChI=1S/C10H18N2O2S/c1-7-6-15-8(12-7)5-11-9(13)14-10(2,3)4/h7H,5-6H2,1-4H3,(H,11,13)/t7-/m1/s1. The molecule has 86 valence electrons. The van der Waals surface area contributed by atoms with Crippen molar-refractivity contribution in [2.75, 3.05) is 12.3 Å². The predicted molar refractivity (Wildman–Crippen MR) is 63.6 cm³/mol. The van der Waals surface area contributed by atoms with Gasteiger partial charge in [0, 0.05) is 5.75 Å². The molecule has 0 aliphatic carbocycles. The number of amides is 1. The van der Waals surface area contributed by atoms with Gasteiger partial charge < -0.3 is 10.1 Å². The van der Waals surface area contributed by atoms with Crippen LogP contribution in [0.5, 0.6) is 0 Å². The van der Waals surface area contributed by atoms with Crippen LogP contribution in [0.15, 0.2) is 4.99 Å². The maximum Gasteiger partial charge on any atom is 0.407 e. The molecule has 0 radical (unpaired) electrons. The molecule has 1 heterocycles. The van der Waals surface area contributed by atoms with Crippen molar-refractivity contribution in [2.24, 2.45) is 4.99 Å². The van der Waals surface area contributed by atoms with Crippen LogP contribution >= 0.6 is 11.8 Å². The first kappa shape index (κ1) is 12.4. The van der Waals surface area contributed by atoms with Crippen molar-refractivity contribution in [1.82, 2.24) is 5.32 Å². The van der Waals surface area contributed by atoms with Crippen LogP contribution in [0.25, 0.3) is 0 Å². The summed E-state index contributed by atoms with van der Waals surface area (Å²) in [5, 5.41) is 3.67. The molecule has 5 heteroatoms. The number of carbonyl (C=O) groups is 1. The van der Waals surface area contributed by atoms with Gasteiger partial charge in [0.1, 0.15) is 5.60 Å².